The van der Waals surface area contributed by atoms with Crippen molar-refractivity contribution < 1.29 is 27.4 Å². The fourth-order valence-electron chi connectivity index (χ4n) is 5.19. The number of amides is 1. The van der Waals surface area contributed by atoms with Crippen LogP contribution in [0, 0.1) is 5.82 Å². The topological polar surface area (TPSA) is 99.2 Å². The Bertz CT molecular complexity index is 1440. The van der Waals surface area contributed by atoms with E-state index in [2.05, 4.69) is 10.2 Å². The summed E-state index contributed by atoms with van der Waals surface area (Å²) in [5.41, 5.74) is 1.94. The molecule has 2 aliphatic rings. The lowest BCUT2D eigenvalue weighted by atomic mass is 9.93. The summed E-state index contributed by atoms with van der Waals surface area (Å²) in [6, 6.07) is 17.1. The van der Waals surface area contributed by atoms with Crippen LogP contribution in [0.1, 0.15) is 27.5 Å². The number of aliphatic hydroxyl groups excluding tert-OH is 1. The molecule has 12 heteroatoms. The molecule has 2 N–H and O–H groups in total. The molecule has 0 aliphatic carbocycles. The van der Waals surface area contributed by atoms with Crippen molar-refractivity contribution in [1.82, 2.24) is 10.2 Å². The van der Waals surface area contributed by atoms with Crippen LogP contribution in [0.5, 0.6) is 0 Å². The van der Waals surface area contributed by atoms with Gasteiger partial charge in [-0.1, -0.05) is 47.5 Å². The third kappa shape index (κ3) is 6.27. The van der Waals surface area contributed by atoms with E-state index in [0.29, 0.717) is 23.1 Å². The zero-order chi connectivity index (χ0) is 28.6. The summed E-state index contributed by atoms with van der Waals surface area (Å²) in [5, 5.41) is 13.8. The van der Waals surface area contributed by atoms with Gasteiger partial charge in [-0.15, -0.1) is 0 Å². The number of ether oxygens (including phenoxy) is 1. The Balaban J connectivity index is 1.40. The van der Waals surface area contributed by atoms with Crippen molar-refractivity contribution in [2.75, 3.05) is 36.9 Å². The lowest BCUT2D eigenvalue weighted by molar-refractivity contribution is 0.0886. The number of nitrogens with zero attached hydrogens (tertiary/aromatic N) is 2. The molecular formula is C28H28Cl2FN3O5S. The quantitative estimate of drug-likeness (QED) is 0.403. The first-order valence-corrected chi connectivity index (χ1v) is 15.2. The van der Waals surface area contributed by atoms with Gasteiger partial charge in [0.2, 0.25) is 10.0 Å². The van der Waals surface area contributed by atoms with Gasteiger partial charge in [0, 0.05) is 28.7 Å². The van der Waals surface area contributed by atoms with Gasteiger partial charge in [-0.25, -0.2) is 12.8 Å². The molecular weight excluding hydrogens is 580 g/mol. The Morgan fingerprint density at radius 2 is 1.60 bits per heavy atom. The first-order valence-electron chi connectivity index (χ1n) is 12.6. The maximum absolute atomic E-state index is 14.7. The molecule has 0 unspecified atom stereocenters. The van der Waals surface area contributed by atoms with Crippen LogP contribution in [-0.4, -0.2) is 75.1 Å². The average Bonchev–Trinajstić information content (AvgIpc) is 3.27. The smallest absolute Gasteiger partial charge is 0.251 e. The molecule has 8 nitrogen and oxygen atoms in total. The van der Waals surface area contributed by atoms with Crippen molar-refractivity contribution in [2.24, 2.45) is 0 Å². The molecule has 212 valence electrons. The molecule has 3 aromatic rings. The van der Waals surface area contributed by atoms with Crippen molar-refractivity contribution >= 4 is 44.8 Å². The summed E-state index contributed by atoms with van der Waals surface area (Å²) in [4.78, 5) is 15.0. The van der Waals surface area contributed by atoms with Crippen molar-refractivity contribution in [3.63, 3.8) is 0 Å². The Hall–Kier alpha value is -2.73. The molecule has 0 radical (unpaired) electrons. The van der Waals surface area contributed by atoms with E-state index >= 15 is 0 Å². The molecule has 40 heavy (non-hydrogen) atoms. The van der Waals surface area contributed by atoms with Crippen LogP contribution in [0.4, 0.5) is 10.1 Å². The Morgan fingerprint density at radius 3 is 2.10 bits per heavy atom. The van der Waals surface area contributed by atoms with Crippen LogP contribution in [0.25, 0.3) is 0 Å². The van der Waals surface area contributed by atoms with Gasteiger partial charge in [0.1, 0.15) is 5.82 Å². The molecule has 2 atom stereocenters. The largest absolute Gasteiger partial charge is 0.388 e. The van der Waals surface area contributed by atoms with Crippen LogP contribution < -0.4 is 9.62 Å². The second kappa shape index (κ2) is 11.6. The third-order valence-corrected chi connectivity index (χ3v) is 8.81. The highest BCUT2D eigenvalue weighted by molar-refractivity contribution is 7.92. The predicted octanol–water partition coefficient (Wildman–Crippen LogP) is 3.86. The highest BCUT2D eigenvalue weighted by Crippen LogP contribution is 2.37. The molecule has 0 saturated carbocycles. The predicted molar refractivity (Wildman–Crippen MR) is 152 cm³/mol. The Morgan fingerprint density at radius 1 is 1.02 bits per heavy atom. The lowest BCUT2D eigenvalue weighted by Gasteiger charge is -2.48. The van der Waals surface area contributed by atoms with E-state index in [9.17, 15) is 22.7 Å². The maximum atomic E-state index is 14.7. The van der Waals surface area contributed by atoms with Crippen LogP contribution in [0.2, 0.25) is 10.0 Å². The van der Waals surface area contributed by atoms with Gasteiger partial charge in [-0.3, -0.25) is 14.0 Å². The number of aliphatic hydroxyl groups is 1. The first-order chi connectivity index (χ1) is 19.0. The molecule has 5 rings (SSSR count). The van der Waals surface area contributed by atoms with E-state index in [4.69, 9.17) is 27.9 Å². The second-order valence-corrected chi connectivity index (χ2v) is 12.8. The molecule has 2 saturated heterocycles. The van der Waals surface area contributed by atoms with Crippen LogP contribution in [0.3, 0.4) is 0 Å². The van der Waals surface area contributed by atoms with E-state index < -0.39 is 39.9 Å². The van der Waals surface area contributed by atoms with Crippen LogP contribution in [0.15, 0.2) is 66.7 Å². The number of benzene rings is 3. The zero-order valence-corrected chi connectivity index (χ0v) is 23.8. The monoisotopic (exact) mass is 607 g/mol. The number of sulfonamides is 1. The van der Waals surface area contributed by atoms with Gasteiger partial charge >= 0.3 is 0 Å². The van der Waals surface area contributed by atoms with Gasteiger partial charge in [0.25, 0.3) is 5.91 Å². The van der Waals surface area contributed by atoms with E-state index in [1.54, 1.807) is 24.3 Å². The minimum Gasteiger partial charge on any atom is -0.388 e. The number of hydrogen-bond donors (Lipinski definition) is 2. The molecule has 2 aliphatic heterocycles. The van der Waals surface area contributed by atoms with Gasteiger partial charge in [0.15, 0.2) is 0 Å². The molecule has 0 bridgehead atoms. The SMILES string of the molecule is CS(=O)(=O)N(c1cc(F)cc(C(=O)N[C@H]2COC[C@H]2O)c1)C1CN(C(c2ccc(Cl)cc2)c2ccc(Cl)cc2)C1. The summed E-state index contributed by atoms with van der Waals surface area (Å²) in [6.45, 7) is 0.927. The van der Waals surface area contributed by atoms with Crippen molar-refractivity contribution in [2.45, 2.75) is 24.2 Å². The van der Waals surface area contributed by atoms with E-state index in [0.717, 1.165) is 33.8 Å². The summed E-state index contributed by atoms with van der Waals surface area (Å²) in [5.74, 6) is -1.39. The molecule has 2 fully saturated rings. The average molecular weight is 609 g/mol. The van der Waals surface area contributed by atoms with Crippen LogP contribution in [-0.2, 0) is 14.8 Å². The number of anilines is 1. The number of likely N-dealkylation sites (tertiary alicyclic amines) is 1. The van der Waals surface area contributed by atoms with Gasteiger partial charge < -0.3 is 15.2 Å². The number of rotatable bonds is 8. The van der Waals surface area contributed by atoms with Crippen LogP contribution >= 0.6 is 23.2 Å². The van der Waals surface area contributed by atoms with Crippen molar-refractivity contribution in [1.29, 1.82) is 0 Å². The Labute approximate surface area is 242 Å². The summed E-state index contributed by atoms with van der Waals surface area (Å²) in [6.07, 6.45) is 0.183. The van der Waals surface area contributed by atoms with Crippen molar-refractivity contribution in [3.8, 4) is 0 Å². The van der Waals surface area contributed by atoms with E-state index in [-0.39, 0.29) is 30.5 Å². The van der Waals surface area contributed by atoms with Crippen molar-refractivity contribution in [3.05, 3.63) is 99.3 Å². The fraction of sp³-hybridized carbons (Fsp3) is 0.321. The summed E-state index contributed by atoms with van der Waals surface area (Å²) < 4.78 is 47.0. The first kappa shape index (κ1) is 28.8. The number of carbonyl (C=O) groups is 1. The van der Waals surface area contributed by atoms with Gasteiger partial charge in [0.05, 0.1) is 49.4 Å². The number of halogens is 3. The number of nitrogens with one attached hydrogen (secondary N) is 1. The fourth-order valence-corrected chi connectivity index (χ4v) is 6.60. The summed E-state index contributed by atoms with van der Waals surface area (Å²) >= 11 is 12.2. The zero-order valence-electron chi connectivity index (χ0n) is 21.5. The van der Waals surface area contributed by atoms with Gasteiger partial charge in [-0.05, 0) is 53.6 Å². The maximum Gasteiger partial charge on any atom is 0.251 e. The molecule has 1 amide bonds. The summed E-state index contributed by atoms with van der Waals surface area (Å²) in [7, 11) is -3.84. The standard InChI is InChI=1S/C28H28Cl2FN3O5S/c1-40(37,38)34(23-11-19(10-22(31)12-23)28(36)32-25-15-39-16-26(25)35)24-13-33(14-24)27(17-2-6-20(29)7-3-17)18-4-8-21(30)9-5-18/h2-12,24-27,35H,13-16H2,1H3,(H,32,36)/t25-,26+/m0/s1. The molecule has 2 heterocycles. The van der Waals surface area contributed by atoms with E-state index in [1.165, 1.54) is 6.07 Å². The highest BCUT2D eigenvalue weighted by Gasteiger charge is 2.41. The Kier molecular flexibility index (Phi) is 8.37. The minimum atomic E-state index is -3.84. The normalized spacial score (nSPS) is 19.9. The molecule has 3 aromatic carbocycles. The second-order valence-electron chi connectivity index (χ2n) is 10.1. The number of carbonyl (C=O) groups excluding carboxylic acids is 1. The van der Waals surface area contributed by atoms with Gasteiger partial charge in [-0.2, -0.15) is 0 Å². The molecule has 0 aromatic heterocycles. The number of hydrogen-bond acceptors (Lipinski definition) is 6. The molecule has 0 spiro atoms. The minimum absolute atomic E-state index is 0.0510. The lowest BCUT2D eigenvalue weighted by Crippen LogP contribution is -2.61. The third-order valence-electron chi connectivity index (χ3n) is 7.08. The van der Waals surface area contributed by atoms with E-state index in [1.807, 2.05) is 24.3 Å². The highest BCUT2D eigenvalue weighted by atomic mass is 35.5.